The normalized spacial score (nSPS) is 15.0. The van der Waals surface area contributed by atoms with Crippen LogP contribution < -0.4 is 10.9 Å². The fourth-order valence-electron chi connectivity index (χ4n) is 3.14. The summed E-state index contributed by atoms with van der Waals surface area (Å²) in [6.45, 7) is 4.31. The number of amides is 1. The fourth-order valence-corrected chi connectivity index (χ4v) is 4.50. The summed E-state index contributed by atoms with van der Waals surface area (Å²) in [6.07, 6.45) is 1.66. The van der Waals surface area contributed by atoms with E-state index in [0.29, 0.717) is 39.3 Å². The van der Waals surface area contributed by atoms with Crippen molar-refractivity contribution in [2.45, 2.75) is 20.4 Å². The number of carbonyl (C=O) groups is 1. The van der Waals surface area contributed by atoms with Crippen molar-refractivity contribution in [2.75, 3.05) is 11.9 Å². The fraction of sp³-hybridized carbons (Fsp3) is 0.238. The number of nitrogens with one attached hydrogen (secondary N) is 1. The SMILES string of the molecule is CCN1C(=O)/C(=C\c2c(C)c(C#N)c(=O)n(C)c2NCc2ccc(F)cc2)SC1=S. The van der Waals surface area contributed by atoms with Crippen LogP contribution in [0.2, 0.25) is 0 Å². The van der Waals surface area contributed by atoms with Gasteiger partial charge >= 0.3 is 0 Å². The summed E-state index contributed by atoms with van der Waals surface area (Å²) in [5.74, 6) is -0.0784. The first-order chi connectivity index (χ1) is 14.3. The summed E-state index contributed by atoms with van der Waals surface area (Å²) in [7, 11) is 1.56. The number of rotatable bonds is 5. The van der Waals surface area contributed by atoms with Crippen LogP contribution in [0.5, 0.6) is 0 Å². The van der Waals surface area contributed by atoms with Crippen molar-refractivity contribution in [1.82, 2.24) is 9.47 Å². The zero-order valence-electron chi connectivity index (χ0n) is 16.7. The van der Waals surface area contributed by atoms with Gasteiger partial charge in [0.15, 0.2) is 0 Å². The molecular formula is C21H19FN4O2S2. The Morgan fingerprint density at radius 1 is 1.30 bits per heavy atom. The third-order valence-electron chi connectivity index (χ3n) is 4.84. The van der Waals surface area contributed by atoms with Crippen molar-refractivity contribution in [1.29, 1.82) is 5.26 Å². The van der Waals surface area contributed by atoms with Crippen molar-refractivity contribution in [3.05, 3.63) is 67.6 Å². The molecule has 0 saturated carbocycles. The first kappa shape index (κ1) is 21.7. The van der Waals surface area contributed by atoms with Gasteiger partial charge < -0.3 is 5.32 Å². The lowest BCUT2D eigenvalue weighted by Gasteiger charge is -2.18. The minimum absolute atomic E-state index is 0.0158. The molecule has 9 heteroatoms. The summed E-state index contributed by atoms with van der Waals surface area (Å²) in [6, 6.07) is 7.96. The zero-order valence-corrected chi connectivity index (χ0v) is 18.3. The van der Waals surface area contributed by atoms with Crippen LogP contribution in [0.25, 0.3) is 6.08 Å². The van der Waals surface area contributed by atoms with Gasteiger partial charge in [0.2, 0.25) is 0 Å². The Labute approximate surface area is 183 Å². The lowest BCUT2D eigenvalue weighted by molar-refractivity contribution is -0.121. The second-order valence-electron chi connectivity index (χ2n) is 6.64. The Morgan fingerprint density at radius 3 is 2.53 bits per heavy atom. The van der Waals surface area contributed by atoms with E-state index in [1.807, 2.05) is 13.0 Å². The first-order valence-corrected chi connectivity index (χ1v) is 10.4. The highest BCUT2D eigenvalue weighted by atomic mass is 32.2. The summed E-state index contributed by atoms with van der Waals surface area (Å²) >= 11 is 6.46. The van der Waals surface area contributed by atoms with Gasteiger partial charge in [0.1, 0.15) is 27.6 Å². The molecule has 1 aromatic carbocycles. The summed E-state index contributed by atoms with van der Waals surface area (Å²) < 4.78 is 15.0. The molecular weight excluding hydrogens is 423 g/mol. The number of aromatic nitrogens is 1. The van der Waals surface area contributed by atoms with Crippen LogP contribution in [0.15, 0.2) is 34.0 Å². The lowest BCUT2D eigenvalue weighted by atomic mass is 10.0. The van der Waals surface area contributed by atoms with E-state index in [9.17, 15) is 19.2 Å². The molecule has 2 heterocycles. The molecule has 0 bridgehead atoms. The van der Waals surface area contributed by atoms with Crippen molar-refractivity contribution in [2.24, 2.45) is 7.05 Å². The minimum atomic E-state index is -0.435. The molecule has 2 aromatic rings. The molecule has 0 radical (unpaired) electrons. The number of halogens is 1. The standard InChI is InChI=1S/C21H19FN4O2S2/c1-4-26-20(28)17(30-21(26)29)9-15-12(2)16(10-23)19(27)25(3)18(15)24-11-13-5-7-14(22)8-6-13/h5-9,24H,4,11H2,1-3H3/b17-9+. The van der Waals surface area contributed by atoms with Gasteiger partial charge in [-0.2, -0.15) is 5.26 Å². The molecule has 1 amide bonds. The minimum Gasteiger partial charge on any atom is -0.367 e. The van der Waals surface area contributed by atoms with E-state index in [-0.39, 0.29) is 17.3 Å². The zero-order chi connectivity index (χ0) is 22.0. The van der Waals surface area contributed by atoms with Crippen molar-refractivity contribution < 1.29 is 9.18 Å². The highest BCUT2D eigenvalue weighted by molar-refractivity contribution is 8.26. The number of hydrogen-bond donors (Lipinski definition) is 1. The molecule has 0 unspecified atom stereocenters. The molecule has 1 fully saturated rings. The number of nitrogens with zero attached hydrogens (tertiary/aromatic N) is 3. The van der Waals surface area contributed by atoms with Gasteiger partial charge in [0, 0.05) is 25.7 Å². The molecule has 3 rings (SSSR count). The number of anilines is 1. The van der Waals surface area contributed by atoms with E-state index in [0.717, 1.165) is 5.56 Å². The molecule has 0 atom stereocenters. The Kier molecular flexibility index (Phi) is 6.39. The van der Waals surface area contributed by atoms with Gasteiger partial charge in [-0.15, -0.1) is 0 Å². The van der Waals surface area contributed by atoms with Crippen molar-refractivity contribution >= 4 is 46.1 Å². The van der Waals surface area contributed by atoms with E-state index in [1.54, 1.807) is 32.2 Å². The number of benzene rings is 1. The van der Waals surface area contributed by atoms with E-state index >= 15 is 0 Å². The number of thiocarbonyl (C=S) groups is 1. The van der Waals surface area contributed by atoms with Gasteiger partial charge in [-0.1, -0.05) is 36.1 Å². The number of carbonyl (C=O) groups excluding carboxylic acids is 1. The average molecular weight is 443 g/mol. The molecule has 0 spiro atoms. The topological polar surface area (TPSA) is 78.1 Å². The molecule has 154 valence electrons. The maximum atomic E-state index is 13.2. The van der Waals surface area contributed by atoms with E-state index < -0.39 is 5.56 Å². The van der Waals surface area contributed by atoms with E-state index in [4.69, 9.17) is 12.2 Å². The second-order valence-corrected chi connectivity index (χ2v) is 8.32. The van der Waals surface area contributed by atoms with Crippen LogP contribution in [-0.2, 0) is 18.4 Å². The Morgan fingerprint density at radius 2 is 1.97 bits per heavy atom. The molecule has 6 nitrogen and oxygen atoms in total. The number of nitriles is 1. The molecule has 1 aliphatic rings. The number of thioether (sulfide) groups is 1. The Hall–Kier alpha value is -2.96. The van der Waals surface area contributed by atoms with E-state index in [2.05, 4.69) is 5.32 Å². The first-order valence-electron chi connectivity index (χ1n) is 9.15. The van der Waals surface area contributed by atoms with E-state index in [1.165, 1.54) is 33.4 Å². The Balaban J connectivity index is 2.10. The van der Waals surface area contributed by atoms with Crippen molar-refractivity contribution in [3.63, 3.8) is 0 Å². The van der Waals surface area contributed by atoms with Gasteiger partial charge in [-0.3, -0.25) is 19.1 Å². The molecule has 1 saturated heterocycles. The number of hydrogen-bond acceptors (Lipinski definition) is 6. The van der Waals surface area contributed by atoms with Crippen LogP contribution in [-0.4, -0.2) is 26.2 Å². The molecule has 1 aliphatic heterocycles. The number of pyridine rings is 1. The summed E-state index contributed by atoms with van der Waals surface area (Å²) in [4.78, 5) is 27.2. The highest BCUT2D eigenvalue weighted by Crippen LogP contribution is 2.34. The molecule has 1 aromatic heterocycles. The number of likely N-dealkylation sites (N-methyl/N-ethyl adjacent to an activating group) is 1. The maximum absolute atomic E-state index is 13.2. The monoisotopic (exact) mass is 442 g/mol. The average Bonchev–Trinajstić information content (AvgIpc) is 2.99. The quantitative estimate of drug-likeness (QED) is 0.564. The highest BCUT2D eigenvalue weighted by Gasteiger charge is 2.31. The van der Waals surface area contributed by atoms with Crippen LogP contribution in [0, 0.1) is 24.1 Å². The third-order valence-corrected chi connectivity index (χ3v) is 6.22. The predicted octanol–water partition coefficient (Wildman–Crippen LogP) is 3.54. The lowest BCUT2D eigenvalue weighted by Crippen LogP contribution is -2.27. The second kappa shape index (κ2) is 8.81. The Bertz CT molecular complexity index is 1160. The summed E-state index contributed by atoms with van der Waals surface area (Å²) in [5, 5.41) is 12.7. The molecule has 0 aliphatic carbocycles. The maximum Gasteiger partial charge on any atom is 0.270 e. The van der Waals surface area contributed by atoms with Crippen LogP contribution in [0.3, 0.4) is 0 Å². The van der Waals surface area contributed by atoms with Crippen LogP contribution >= 0.6 is 24.0 Å². The largest absolute Gasteiger partial charge is 0.367 e. The van der Waals surface area contributed by atoms with Crippen molar-refractivity contribution in [3.8, 4) is 6.07 Å². The molecule has 30 heavy (non-hydrogen) atoms. The molecule has 1 N–H and O–H groups in total. The van der Waals surface area contributed by atoms with Gasteiger partial charge in [-0.25, -0.2) is 4.39 Å². The smallest absolute Gasteiger partial charge is 0.270 e. The predicted molar refractivity (Wildman–Crippen MR) is 120 cm³/mol. The van der Waals surface area contributed by atoms with Gasteiger partial charge in [0.05, 0.1) is 4.91 Å². The van der Waals surface area contributed by atoms with Crippen LogP contribution in [0.4, 0.5) is 10.2 Å². The van der Waals surface area contributed by atoms with Gasteiger partial charge in [-0.05, 0) is 43.2 Å². The summed E-state index contributed by atoms with van der Waals surface area (Å²) in [5.41, 5.74) is 1.43. The van der Waals surface area contributed by atoms with Crippen LogP contribution in [0.1, 0.15) is 29.2 Å². The third kappa shape index (κ3) is 4.01. The van der Waals surface area contributed by atoms with Gasteiger partial charge in [0.25, 0.3) is 11.5 Å².